The van der Waals surface area contributed by atoms with E-state index in [4.69, 9.17) is 0 Å². The Labute approximate surface area is 133 Å². The van der Waals surface area contributed by atoms with Crippen molar-refractivity contribution >= 4 is 33.1 Å². The minimum atomic E-state index is 0.539. The highest BCUT2D eigenvalue weighted by Crippen LogP contribution is 2.31. The van der Waals surface area contributed by atoms with E-state index >= 15 is 0 Å². The van der Waals surface area contributed by atoms with Gasteiger partial charge in [-0.15, -0.1) is 0 Å². The van der Waals surface area contributed by atoms with E-state index in [1.165, 1.54) is 0 Å². The molecule has 0 amide bonds. The van der Waals surface area contributed by atoms with Crippen LogP contribution < -0.4 is 5.32 Å². The molecule has 0 aliphatic carbocycles. The largest absolute Gasteiger partial charge is 0.354 e. The Kier molecular flexibility index (Phi) is 3.14. The van der Waals surface area contributed by atoms with Crippen LogP contribution in [0.5, 0.6) is 0 Å². The lowest BCUT2D eigenvalue weighted by Gasteiger charge is -2.12. The highest BCUT2D eigenvalue weighted by Gasteiger charge is 2.10. The zero-order chi connectivity index (χ0) is 15.6. The number of hydrogen-bond donors (Lipinski definition) is 1. The first-order chi connectivity index (χ1) is 11.3. The predicted octanol–water partition coefficient (Wildman–Crippen LogP) is 5.00. The third-order valence-corrected chi connectivity index (χ3v) is 3.90. The molecule has 3 aromatic carbocycles. The maximum Gasteiger partial charge on any atom is 0.103 e. The van der Waals surface area contributed by atoms with Crippen LogP contribution in [0, 0.1) is 11.3 Å². The maximum absolute atomic E-state index is 9.44. The Balaban J connectivity index is 1.99. The van der Waals surface area contributed by atoms with Crippen molar-refractivity contribution < 1.29 is 0 Å². The van der Waals surface area contributed by atoms with Gasteiger partial charge < -0.3 is 5.32 Å². The molecule has 1 heterocycles. The van der Waals surface area contributed by atoms with Gasteiger partial charge in [0.1, 0.15) is 6.07 Å². The standard InChI is InChI=1S/C20H13N3/c21-12-16-13-22-19-11-15-7-5-4-6-14(15)10-18(19)20(16)23-17-8-2-1-3-9-17/h1-11,13H,(H,22,23). The van der Waals surface area contributed by atoms with E-state index in [9.17, 15) is 5.26 Å². The van der Waals surface area contributed by atoms with Gasteiger partial charge in [-0.1, -0.05) is 42.5 Å². The van der Waals surface area contributed by atoms with Crippen LogP contribution in [0.25, 0.3) is 21.7 Å². The minimum Gasteiger partial charge on any atom is -0.354 e. The van der Waals surface area contributed by atoms with Crippen molar-refractivity contribution in [3.63, 3.8) is 0 Å². The number of pyridine rings is 1. The van der Waals surface area contributed by atoms with Crippen LogP contribution in [-0.2, 0) is 0 Å². The van der Waals surface area contributed by atoms with Crippen LogP contribution in [0.2, 0.25) is 0 Å². The summed E-state index contributed by atoms with van der Waals surface area (Å²) >= 11 is 0. The highest BCUT2D eigenvalue weighted by atomic mass is 14.9. The number of para-hydroxylation sites is 1. The van der Waals surface area contributed by atoms with Gasteiger partial charge in [0.15, 0.2) is 0 Å². The fourth-order valence-electron chi connectivity index (χ4n) is 2.76. The van der Waals surface area contributed by atoms with E-state index in [0.717, 1.165) is 33.1 Å². The van der Waals surface area contributed by atoms with E-state index in [-0.39, 0.29) is 0 Å². The van der Waals surface area contributed by atoms with Crippen molar-refractivity contribution in [2.75, 3.05) is 5.32 Å². The second kappa shape index (κ2) is 5.43. The predicted molar refractivity (Wildman–Crippen MR) is 93.7 cm³/mol. The lowest BCUT2D eigenvalue weighted by atomic mass is 10.0. The lowest BCUT2D eigenvalue weighted by Crippen LogP contribution is -1.96. The summed E-state index contributed by atoms with van der Waals surface area (Å²) in [5.41, 5.74) is 3.16. The van der Waals surface area contributed by atoms with Gasteiger partial charge in [0.25, 0.3) is 0 Å². The van der Waals surface area contributed by atoms with Gasteiger partial charge in [-0.25, -0.2) is 0 Å². The molecular weight excluding hydrogens is 282 g/mol. The molecule has 0 radical (unpaired) electrons. The van der Waals surface area contributed by atoms with Crippen LogP contribution in [0.1, 0.15) is 5.56 Å². The summed E-state index contributed by atoms with van der Waals surface area (Å²) in [5, 5.41) is 16.0. The number of nitrogens with one attached hydrogen (secondary N) is 1. The number of benzene rings is 3. The first kappa shape index (κ1) is 13.3. The maximum atomic E-state index is 9.44. The van der Waals surface area contributed by atoms with Crippen LogP contribution >= 0.6 is 0 Å². The van der Waals surface area contributed by atoms with Crippen molar-refractivity contribution in [2.24, 2.45) is 0 Å². The molecule has 4 aromatic rings. The van der Waals surface area contributed by atoms with Crippen molar-refractivity contribution in [1.82, 2.24) is 4.98 Å². The van der Waals surface area contributed by atoms with Gasteiger partial charge in [0.2, 0.25) is 0 Å². The Morgan fingerprint density at radius 3 is 2.30 bits per heavy atom. The van der Waals surface area contributed by atoms with Crippen LogP contribution in [0.4, 0.5) is 11.4 Å². The zero-order valence-corrected chi connectivity index (χ0v) is 12.3. The number of nitrogens with zero attached hydrogens (tertiary/aromatic N) is 2. The lowest BCUT2D eigenvalue weighted by molar-refractivity contribution is 1.37. The summed E-state index contributed by atoms with van der Waals surface area (Å²) in [6.45, 7) is 0. The molecule has 4 rings (SSSR count). The summed E-state index contributed by atoms with van der Waals surface area (Å²) in [5.74, 6) is 0. The number of anilines is 2. The summed E-state index contributed by atoms with van der Waals surface area (Å²) in [6, 6.07) is 24.4. The van der Waals surface area contributed by atoms with Gasteiger partial charge in [-0.05, 0) is 35.0 Å². The van der Waals surface area contributed by atoms with Gasteiger partial charge in [-0.3, -0.25) is 4.98 Å². The van der Waals surface area contributed by atoms with Crippen molar-refractivity contribution in [3.05, 3.63) is 78.5 Å². The van der Waals surface area contributed by atoms with Crippen molar-refractivity contribution in [1.29, 1.82) is 5.26 Å². The SMILES string of the molecule is N#Cc1cnc2cc3ccccc3cc2c1Nc1ccccc1. The molecule has 108 valence electrons. The molecule has 3 nitrogen and oxygen atoms in total. The molecule has 23 heavy (non-hydrogen) atoms. The fraction of sp³-hybridized carbons (Fsp3) is 0. The average Bonchev–Trinajstić information content (AvgIpc) is 2.61. The first-order valence-corrected chi connectivity index (χ1v) is 7.39. The third kappa shape index (κ3) is 2.37. The number of rotatable bonds is 2. The topological polar surface area (TPSA) is 48.7 Å². The molecule has 0 unspecified atom stereocenters. The number of hydrogen-bond acceptors (Lipinski definition) is 3. The van der Waals surface area contributed by atoms with E-state index in [1.54, 1.807) is 6.20 Å². The van der Waals surface area contributed by atoms with Gasteiger partial charge in [0, 0.05) is 17.3 Å². The molecule has 1 aromatic heterocycles. The van der Waals surface area contributed by atoms with Crippen molar-refractivity contribution in [2.45, 2.75) is 0 Å². The van der Waals surface area contributed by atoms with Crippen LogP contribution in [-0.4, -0.2) is 4.98 Å². The van der Waals surface area contributed by atoms with Crippen molar-refractivity contribution in [3.8, 4) is 6.07 Å². The minimum absolute atomic E-state index is 0.539. The summed E-state index contributed by atoms with van der Waals surface area (Å²) in [6.07, 6.45) is 1.63. The Morgan fingerprint density at radius 2 is 1.57 bits per heavy atom. The third-order valence-electron chi connectivity index (χ3n) is 3.90. The second-order valence-corrected chi connectivity index (χ2v) is 5.37. The molecule has 0 aliphatic rings. The van der Waals surface area contributed by atoms with Gasteiger partial charge in [-0.2, -0.15) is 5.26 Å². The average molecular weight is 295 g/mol. The molecule has 0 fully saturated rings. The Hall–Kier alpha value is -3.38. The van der Waals surface area contributed by atoms with E-state index < -0.39 is 0 Å². The molecule has 0 atom stereocenters. The van der Waals surface area contributed by atoms with E-state index in [2.05, 4.69) is 40.6 Å². The number of aromatic nitrogens is 1. The van der Waals surface area contributed by atoms with Gasteiger partial charge in [0.05, 0.1) is 16.8 Å². The quantitative estimate of drug-likeness (QED) is 0.529. The molecule has 0 saturated carbocycles. The highest BCUT2D eigenvalue weighted by molar-refractivity contribution is 6.04. The monoisotopic (exact) mass is 295 g/mol. The normalized spacial score (nSPS) is 10.6. The Bertz CT molecular complexity index is 1050. The molecule has 3 heteroatoms. The molecule has 0 bridgehead atoms. The molecule has 1 N–H and O–H groups in total. The molecular formula is C20H13N3. The summed E-state index contributed by atoms with van der Waals surface area (Å²) < 4.78 is 0. The molecule has 0 aliphatic heterocycles. The molecule has 0 saturated heterocycles. The number of fused-ring (bicyclic) bond motifs is 2. The smallest absolute Gasteiger partial charge is 0.103 e. The van der Waals surface area contributed by atoms with Crippen LogP contribution in [0.3, 0.4) is 0 Å². The number of nitriles is 1. The van der Waals surface area contributed by atoms with E-state index in [1.807, 2.05) is 42.5 Å². The first-order valence-electron chi connectivity index (χ1n) is 7.39. The fourth-order valence-corrected chi connectivity index (χ4v) is 2.76. The van der Waals surface area contributed by atoms with Crippen LogP contribution in [0.15, 0.2) is 72.9 Å². The summed E-state index contributed by atoms with van der Waals surface area (Å²) in [4.78, 5) is 4.44. The summed E-state index contributed by atoms with van der Waals surface area (Å²) in [7, 11) is 0. The van der Waals surface area contributed by atoms with E-state index in [0.29, 0.717) is 5.56 Å². The second-order valence-electron chi connectivity index (χ2n) is 5.37. The van der Waals surface area contributed by atoms with Gasteiger partial charge >= 0.3 is 0 Å². The molecule has 0 spiro atoms. The Morgan fingerprint density at radius 1 is 0.870 bits per heavy atom. The zero-order valence-electron chi connectivity index (χ0n) is 12.3.